The molecule has 2 aliphatic rings. The number of nitrogens with zero attached hydrogens (tertiary/aromatic N) is 1. The number of likely N-dealkylation sites (tertiary alicyclic amines) is 1. The molecule has 0 aliphatic carbocycles. The fourth-order valence-electron chi connectivity index (χ4n) is 3.46. The van der Waals surface area contributed by atoms with Crippen LogP contribution in [0.2, 0.25) is 0 Å². The maximum Gasteiger partial charge on any atom is 0.317 e. The summed E-state index contributed by atoms with van der Waals surface area (Å²) in [5.41, 5.74) is 2.35. The monoisotopic (exact) mass is 317 g/mol. The first-order valence-corrected chi connectivity index (χ1v) is 8.60. The summed E-state index contributed by atoms with van der Waals surface area (Å²) >= 11 is 0. The lowest BCUT2D eigenvalue weighted by Crippen LogP contribution is -2.50. The molecule has 5 nitrogen and oxygen atoms in total. The van der Waals surface area contributed by atoms with Gasteiger partial charge in [0.15, 0.2) is 0 Å². The smallest absolute Gasteiger partial charge is 0.317 e. The maximum atomic E-state index is 12.5. The Labute approximate surface area is 138 Å². The minimum absolute atomic E-state index is 0.0262. The highest BCUT2D eigenvalue weighted by Gasteiger charge is 2.27. The summed E-state index contributed by atoms with van der Waals surface area (Å²) in [6, 6.07) is 9.19. The zero-order chi connectivity index (χ0) is 16.2. The fraction of sp³-hybridized carbons (Fsp3) is 0.611. The molecular formula is C18H27N3O2. The average molecular weight is 317 g/mol. The number of ether oxygens (including phenoxy) is 1. The molecule has 1 aromatic rings. The molecule has 1 aromatic carbocycles. The van der Waals surface area contributed by atoms with E-state index in [1.165, 1.54) is 11.1 Å². The van der Waals surface area contributed by atoms with Crippen LogP contribution >= 0.6 is 0 Å². The number of hydrogen-bond donors (Lipinski definition) is 2. The number of urea groups is 1. The predicted molar refractivity (Wildman–Crippen MR) is 90.2 cm³/mol. The zero-order valence-electron chi connectivity index (χ0n) is 14.0. The number of benzene rings is 1. The Morgan fingerprint density at radius 1 is 1.26 bits per heavy atom. The van der Waals surface area contributed by atoms with Gasteiger partial charge < -0.3 is 20.3 Å². The summed E-state index contributed by atoms with van der Waals surface area (Å²) in [5, 5.41) is 6.70. The Morgan fingerprint density at radius 3 is 2.74 bits per heavy atom. The molecule has 126 valence electrons. The highest BCUT2D eigenvalue weighted by molar-refractivity contribution is 5.75. The van der Waals surface area contributed by atoms with Crippen LogP contribution in [0.3, 0.4) is 0 Å². The highest BCUT2D eigenvalue weighted by atomic mass is 16.5. The van der Waals surface area contributed by atoms with Gasteiger partial charge in [0, 0.05) is 25.2 Å². The fourth-order valence-corrected chi connectivity index (χ4v) is 3.46. The van der Waals surface area contributed by atoms with Crippen LogP contribution in [0.5, 0.6) is 0 Å². The standard InChI is InChI=1S/C18H27N3O2/c1-13(2)19-15-7-9-21(10-8-15)18(22)20-17-12-23-11-14-5-3-4-6-16(14)17/h3-6,13,15,17,19H,7-12H2,1-2H3,(H,20,22). The summed E-state index contributed by atoms with van der Waals surface area (Å²) in [6.45, 7) is 7.14. The molecule has 1 unspecified atom stereocenters. The molecule has 1 fully saturated rings. The van der Waals surface area contributed by atoms with Crippen molar-refractivity contribution in [1.82, 2.24) is 15.5 Å². The number of hydrogen-bond acceptors (Lipinski definition) is 3. The van der Waals surface area contributed by atoms with E-state index in [9.17, 15) is 4.79 Å². The van der Waals surface area contributed by atoms with Crippen molar-refractivity contribution < 1.29 is 9.53 Å². The van der Waals surface area contributed by atoms with Gasteiger partial charge in [-0.15, -0.1) is 0 Å². The van der Waals surface area contributed by atoms with Crippen molar-refractivity contribution in [2.24, 2.45) is 0 Å². The summed E-state index contributed by atoms with van der Waals surface area (Å²) < 4.78 is 5.61. The number of piperidine rings is 1. The molecule has 2 amide bonds. The van der Waals surface area contributed by atoms with Gasteiger partial charge in [-0.1, -0.05) is 38.1 Å². The van der Waals surface area contributed by atoms with Gasteiger partial charge in [-0.05, 0) is 24.0 Å². The largest absolute Gasteiger partial charge is 0.374 e. The Morgan fingerprint density at radius 2 is 2.00 bits per heavy atom. The second kappa shape index (κ2) is 7.32. The Kier molecular flexibility index (Phi) is 5.18. The van der Waals surface area contributed by atoms with Gasteiger partial charge in [0.2, 0.25) is 0 Å². The quantitative estimate of drug-likeness (QED) is 0.900. The molecule has 0 aromatic heterocycles. The summed E-state index contributed by atoms with van der Waals surface area (Å²) in [5.74, 6) is 0. The minimum Gasteiger partial charge on any atom is -0.374 e. The molecule has 3 rings (SSSR count). The van der Waals surface area contributed by atoms with Gasteiger partial charge in [-0.2, -0.15) is 0 Å². The highest BCUT2D eigenvalue weighted by Crippen LogP contribution is 2.24. The summed E-state index contributed by atoms with van der Waals surface area (Å²) in [4.78, 5) is 14.5. The van der Waals surface area contributed by atoms with E-state index in [2.05, 4.69) is 36.6 Å². The van der Waals surface area contributed by atoms with Crippen LogP contribution in [0.4, 0.5) is 4.79 Å². The number of nitrogens with one attached hydrogen (secondary N) is 2. The van der Waals surface area contributed by atoms with Crippen molar-refractivity contribution in [3.63, 3.8) is 0 Å². The normalized spacial score (nSPS) is 22.0. The third kappa shape index (κ3) is 4.03. The molecule has 2 heterocycles. The van der Waals surface area contributed by atoms with Crippen molar-refractivity contribution >= 4 is 6.03 Å². The van der Waals surface area contributed by atoms with Crippen molar-refractivity contribution in [3.05, 3.63) is 35.4 Å². The zero-order valence-corrected chi connectivity index (χ0v) is 14.0. The van der Waals surface area contributed by atoms with E-state index in [1.807, 2.05) is 17.0 Å². The Bertz CT molecular complexity index is 539. The Balaban J connectivity index is 1.55. The van der Waals surface area contributed by atoms with Crippen LogP contribution in [0, 0.1) is 0 Å². The van der Waals surface area contributed by atoms with Crippen molar-refractivity contribution in [2.75, 3.05) is 19.7 Å². The van der Waals surface area contributed by atoms with Gasteiger partial charge in [0.25, 0.3) is 0 Å². The lowest BCUT2D eigenvalue weighted by molar-refractivity contribution is 0.0809. The molecule has 0 bridgehead atoms. The molecule has 0 spiro atoms. The molecule has 5 heteroatoms. The SMILES string of the molecule is CC(C)NC1CCN(C(=O)NC2COCc3ccccc32)CC1. The van der Waals surface area contributed by atoms with Gasteiger partial charge in [-0.25, -0.2) is 4.79 Å². The van der Waals surface area contributed by atoms with E-state index in [4.69, 9.17) is 4.74 Å². The van der Waals surface area contributed by atoms with E-state index in [1.54, 1.807) is 0 Å². The number of carbonyl (C=O) groups is 1. The number of rotatable bonds is 3. The van der Waals surface area contributed by atoms with Gasteiger partial charge in [0.1, 0.15) is 0 Å². The molecule has 1 atom stereocenters. The van der Waals surface area contributed by atoms with Crippen molar-refractivity contribution in [3.8, 4) is 0 Å². The first kappa shape index (κ1) is 16.3. The van der Waals surface area contributed by atoms with Crippen LogP contribution in [0.25, 0.3) is 0 Å². The first-order valence-electron chi connectivity index (χ1n) is 8.60. The van der Waals surface area contributed by atoms with E-state index < -0.39 is 0 Å². The molecule has 0 radical (unpaired) electrons. The van der Waals surface area contributed by atoms with Crippen LogP contribution in [0.1, 0.15) is 43.9 Å². The predicted octanol–water partition coefficient (Wildman–Crippen LogP) is 2.43. The van der Waals surface area contributed by atoms with Crippen LogP contribution in [-0.4, -0.2) is 42.7 Å². The number of carbonyl (C=O) groups excluding carboxylic acids is 1. The van der Waals surface area contributed by atoms with E-state index in [0.29, 0.717) is 25.3 Å². The molecule has 23 heavy (non-hydrogen) atoms. The van der Waals surface area contributed by atoms with E-state index >= 15 is 0 Å². The second-order valence-electron chi connectivity index (χ2n) is 6.80. The van der Waals surface area contributed by atoms with Crippen molar-refractivity contribution in [1.29, 1.82) is 0 Å². The average Bonchev–Trinajstić information content (AvgIpc) is 2.55. The minimum atomic E-state index is -0.0426. The van der Waals surface area contributed by atoms with E-state index in [-0.39, 0.29) is 12.1 Å². The van der Waals surface area contributed by atoms with E-state index in [0.717, 1.165) is 25.9 Å². The molecular weight excluding hydrogens is 290 g/mol. The number of amides is 2. The molecule has 1 saturated heterocycles. The molecule has 2 aliphatic heterocycles. The molecule has 2 N–H and O–H groups in total. The first-order chi connectivity index (χ1) is 11.1. The van der Waals surface area contributed by atoms with Gasteiger partial charge >= 0.3 is 6.03 Å². The van der Waals surface area contributed by atoms with Crippen LogP contribution in [-0.2, 0) is 11.3 Å². The summed E-state index contributed by atoms with van der Waals surface area (Å²) in [7, 11) is 0. The lowest BCUT2D eigenvalue weighted by atomic mass is 9.99. The van der Waals surface area contributed by atoms with Crippen LogP contribution in [0.15, 0.2) is 24.3 Å². The number of fused-ring (bicyclic) bond motifs is 1. The molecule has 0 saturated carbocycles. The summed E-state index contributed by atoms with van der Waals surface area (Å²) in [6.07, 6.45) is 2.03. The maximum absolute atomic E-state index is 12.5. The van der Waals surface area contributed by atoms with Gasteiger partial charge in [-0.3, -0.25) is 0 Å². The Hall–Kier alpha value is -1.59. The third-order valence-corrected chi connectivity index (χ3v) is 4.62. The van der Waals surface area contributed by atoms with Crippen LogP contribution < -0.4 is 10.6 Å². The lowest BCUT2D eigenvalue weighted by Gasteiger charge is -2.35. The topological polar surface area (TPSA) is 53.6 Å². The second-order valence-corrected chi connectivity index (χ2v) is 6.80. The van der Waals surface area contributed by atoms with Gasteiger partial charge in [0.05, 0.1) is 19.3 Å². The van der Waals surface area contributed by atoms with Crippen molar-refractivity contribution in [2.45, 2.75) is 51.4 Å². The third-order valence-electron chi connectivity index (χ3n) is 4.62.